The van der Waals surface area contributed by atoms with Crippen LogP contribution in [0.5, 0.6) is 0 Å². The first kappa shape index (κ1) is 13.1. The minimum absolute atomic E-state index is 0.0628. The van der Waals surface area contributed by atoms with Crippen molar-refractivity contribution in [2.24, 2.45) is 17.1 Å². The lowest BCUT2D eigenvalue weighted by atomic mass is 9.69. The van der Waals surface area contributed by atoms with E-state index in [0.717, 1.165) is 32.2 Å². The molecule has 0 bridgehead atoms. The van der Waals surface area contributed by atoms with Gasteiger partial charge in [-0.05, 0) is 31.6 Å². The molecule has 0 aromatic rings. The van der Waals surface area contributed by atoms with E-state index in [2.05, 4.69) is 0 Å². The monoisotopic (exact) mass is 275 g/mol. The van der Waals surface area contributed by atoms with Crippen molar-refractivity contribution in [3.63, 3.8) is 0 Å². The average molecular weight is 276 g/mol. The van der Waals surface area contributed by atoms with Gasteiger partial charge in [-0.15, -0.1) is 11.6 Å². The molecule has 0 radical (unpaired) electrons. The third-order valence-corrected chi connectivity index (χ3v) is 5.56. The highest BCUT2D eigenvalue weighted by Gasteiger charge is 2.57. The molecule has 3 fully saturated rings. The minimum Gasteiger partial charge on any atom is -0.365 e. The maximum absolute atomic E-state index is 9.76. The molecular weight excluding hydrogens is 254 g/mol. The van der Waals surface area contributed by atoms with Crippen LogP contribution < -0.4 is 5.73 Å². The Bertz CT molecular complexity index is 330. The van der Waals surface area contributed by atoms with Crippen LogP contribution in [0.2, 0.25) is 0 Å². The van der Waals surface area contributed by atoms with Crippen molar-refractivity contribution in [3.05, 3.63) is 0 Å². The molecule has 2 heterocycles. The predicted octanol–water partition coefficient (Wildman–Crippen LogP) is 0.394. The minimum atomic E-state index is -0.892. The van der Waals surface area contributed by atoms with Crippen LogP contribution in [-0.4, -0.2) is 57.7 Å². The van der Waals surface area contributed by atoms with Gasteiger partial charge >= 0.3 is 0 Å². The first-order valence-electron chi connectivity index (χ1n) is 6.79. The van der Waals surface area contributed by atoms with Gasteiger partial charge in [0.25, 0.3) is 0 Å². The van der Waals surface area contributed by atoms with Crippen molar-refractivity contribution < 1.29 is 10.3 Å². The average Bonchev–Trinajstić information content (AvgIpc) is 2.83. The molecule has 3 rings (SSSR count). The molecule has 0 aromatic heterocycles. The molecule has 0 amide bonds. The van der Waals surface area contributed by atoms with Crippen LogP contribution >= 0.6 is 11.6 Å². The molecule has 5 nitrogen and oxygen atoms in total. The van der Waals surface area contributed by atoms with Gasteiger partial charge in [0, 0.05) is 36.5 Å². The molecule has 2 aliphatic heterocycles. The Morgan fingerprint density at radius 2 is 2.11 bits per heavy atom. The second-order valence-corrected chi connectivity index (χ2v) is 6.79. The number of likely N-dealkylation sites (tertiary alicyclic amines) is 1. The van der Waals surface area contributed by atoms with E-state index < -0.39 is 6.35 Å². The van der Waals surface area contributed by atoms with Crippen LogP contribution in [0, 0.1) is 11.3 Å². The zero-order chi connectivity index (χ0) is 12.9. The third-order valence-electron chi connectivity index (χ3n) is 5.16. The second kappa shape index (κ2) is 4.58. The number of hydrogen-bond donors (Lipinski definition) is 3. The van der Waals surface area contributed by atoms with Crippen LogP contribution in [0.3, 0.4) is 0 Å². The topological polar surface area (TPSA) is 73.0 Å². The Balaban J connectivity index is 1.87. The van der Waals surface area contributed by atoms with E-state index in [1.165, 1.54) is 5.06 Å². The van der Waals surface area contributed by atoms with Gasteiger partial charge in [0.05, 0.1) is 0 Å². The number of rotatable bonds is 1. The molecule has 104 valence electrons. The number of aliphatic hydroxyl groups excluding tert-OH is 1. The number of hydrogen-bond acceptors (Lipinski definition) is 5. The number of nitrogens with two attached hydrogens (primary N) is 1. The summed E-state index contributed by atoms with van der Waals surface area (Å²) in [6, 6.07) is 0.325. The zero-order valence-electron chi connectivity index (χ0n) is 10.5. The van der Waals surface area contributed by atoms with Crippen molar-refractivity contribution in [2.45, 2.75) is 43.5 Å². The molecule has 5 atom stereocenters. The third kappa shape index (κ3) is 1.97. The predicted molar refractivity (Wildman–Crippen MR) is 68.1 cm³/mol. The Hall–Kier alpha value is 0.0900. The number of nitrogens with zero attached hydrogens (tertiary/aromatic N) is 2. The molecule has 1 aliphatic carbocycles. The van der Waals surface area contributed by atoms with Crippen LogP contribution in [0.1, 0.15) is 25.7 Å². The fourth-order valence-electron chi connectivity index (χ4n) is 4.35. The summed E-state index contributed by atoms with van der Waals surface area (Å²) in [4.78, 5) is 2.01. The van der Waals surface area contributed by atoms with Gasteiger partial charge in [0.1, 0.15) is 0 Å². The number of fused-ring (bicyclic) bond motifs is 2. The van der Waals surface area contributed by atoms with Crippen LogP contribution in [0.4, 0.5) is 0 Å². The molecule has 1 spiro atoms. The normalized spacial score (nSPS) is 47.7. The van der Waals surface area contributed by atoms with Crippen molar-refractivity contribution in [3.8, 4) is 0 Å². The van der Waals surface area contributed by atoms with E-state index in [9.17, 15) is 10.3 Å². The summed E-state index contributed by atoms with van der Waals surface area (Å²) in [6.45, 7) is 2.17. The van der Waals surface area contributed by atoms with Gasteiger partial charge in [-0.25, -0.2) is 0 Å². The van der Waals surface area contributed by atoms with Crippen LogP contribution in [0.15, 0.2) is 0 Å². The SMILES string of the molecule is NC(O)N1CC2(CCN(O)C2)[C@@H]2CC(Cl)CCC21. The van der Waals surface area contributed by atoms with Gasteiger partial charge in [-0.3, -0.25) is 10.6 Å². The van der Waals surface area contributed by atoms with Crippen molar-refractivity contribution in [2.75, 3.05) is 19.6 Å². The number of alkyl halides is 1. The fraction of sp³-hybridized carbons (Fsp3) is 1.00. The summed E-state index contributed by atoms with van der Waals surface area (Å²) >= 11 is 6.32. The highest BCUT2D eigenvalue weighted by molar-refractivity contribution is 6.20. The zero-order valence-corrected chi connectivity index (χ0v) is 11.3. The molecule has 18 heavy (non-hydrogen) atoms. The molecule has 3 aliphatic rings. The first-order valence-corrected chi connectivity index (χ1v) is 7.23. The summed E-state index contributed by atoms with van der Waals surface area (Å²) in [7, 11) is 0. The molecule has 4 unspecified atom stereocenters. The van der Waals surface area contributed by atoms with Gasteiger partial charge < -0.3 is 10.3 Å². The van der Waals surface area contributed by atoms with E-state index in [4.69, 9.17) is 17.3 Å². The van der Waals surface area contributed by atoms with E-state index in [-0.39, 0.29) is 10.8 Å². The van der Waals surface area contributed by atoms with Crippen LogP contribution in [-0.2, 0) is 0 Å². The lowest BCUT2D eigenvalue weighted by Crippen LogP contribution is -2.47. The van der Waals surface area contributed by atoms with Gasteiger partial charge in [-0.2, -0.15) is 5.06 Å². The number of hydroxylamine groups is 2. The molecule has 6 heteroatoms. The Morgan fingerprint density at radius 3 is 2.72 bits per heavy atom. The van der Waals surface area contributed by atoms with Crippen molar-refractivity contribution in [1.82, 2.24) is 9.96 Å². The van der Waals surface area contributed by atoms with Gasteiger partial charge in [-0.1, -0.05) is 0 Å². The second-order valence-electron chi connectivity index (χ2n) is 6.17. The number of halogens is 1. The molecular formula is C12H22ClN3O2. The summed E-state index contributed by atoms with van der Waals surface area (Å²) in [5.74, 6) is 0.448. The van der Waals surface area contributed by atoms with Gasteiger partial charge in [0.2, 0.25) is 0 Å². The summed E-state index contributed by atoms with van der Waals surface area (Å²) < 4.78 is 0. The smallest absolute Gasteiger partial charge is 0.160 e. The summed E-state index contributed by atoms with van der Waals surface area (Å²) in [6.07, 6.45) is 3.04. The molecule has 1 saturated carbocycles. The quantitative estimate of drug-likeness (QED) is 0.477. The number of aliphatic hydroxyl groups is 1. The van der Waals surface area contributed by atoms with E-state index >= 15 is 0 Å². The maximum Gasteiger partial charge on any atom is 0.160 e. The van der Waals surface area contributed by atoms with Crippen LogP contribution in [0.25, 0.3) is 0 Å². The standard InChI is InChI=1S/C12H22ClN3O2/c13-8-1-2-10-9(5-8)12(3-4-15(18)6-12)7-16(10)11(14)17/h8-11,17-18H,1-7,14H2/t8?,9-,10?,11?,12?/m1/s1. The summed E-state index contributed by atoms with van der Waals surface area (Å²) in [5.41, 5.74) is 5.76. The first-order chi connectivity index (χ1) is 8.52. The highest BCUT2D eigenvalue weighted by atomic mass is 35.5. The largest absolute Gasteiger partial charge is 0.365 e. The Labute approximate surface area is 112 Å². The summed E-state index contributed by atoms with van der Waals surface area (Å²) in [5, 5.41) is 21.1. The van der Waals surface area contributed by atoms with E-state index in [1.807, 2.05) is 4.90 Å². The van der Waals surface area contributed by atoms with Gasteiger partial charge in [0.15, 0.2) is 6.35 Å². The lowest BCUT2D eigenvalue weighted by Gasteiger charge is -2.38. The van der Waals surface area contributed by atoms with E-state index in [1.54, 1.807) is 0 Å². The molecule has 4 N–H and O–H groups in total. The molecule has 2 saturated heterocycles. The fourth-order valence-corrected chi connectivity index (χ4v) is 4.67. The van der Waals surface area contributed by atoms with E-state index in [0.29, 0.717) is 25.0 Å². The Kier molecular flexibility index (Phi) is 3.33. The highest BCUT2D eigenvalue weighted by Crippen LogP contribution is 2.52. The van der Waals surface area contributed by atoms with Crippen molar-refractivity contribution >= 4 is 11.6 Å². The maximum atomic E-state index is 9.76. The lowest BCUT2D eigenvalue weighted by molar-refractivity contribution is -0.0804. The molecule has 0 aromatic carbocycles. The Morgan fingerprint density at radius 1 is 1.33 bits per heavy atom. The van der Waals surface area contributed by atoms with Crippen molar-refractivity contribution in [1.29, 1.82) is 0 Å².